The third kappa shape index (κ3) is 4.20. The zero-order valence-electron chi connectivity index (χ0n) is 16.4. The number of halogens is 2. The maximum absolute atomic E-state index is 12.7. The highest BCUT2D eigenvalue weighted by molar-refractivity contribution is 6.39. The van der Waals surface area contributed by atoms with Gasteiger partial charge in [-0.15, -0.1) is 0 Å². The first kappa shape index (κ1) is 20.5. The molecule has 0 amide bonds. The number of carbonyl (C=O) groups excluding carboxylic acids is 1. The lowest BCUT2D eigenvalue weighted by molar-refractivity contribution is 0.0980. The van der Waals surface area contributed by atoms with Gasteiger partial charge in [-0.25, -0.2) is 4.98 Å². The average molecular weight is 439 g/mol. The molecule has 4 nitrogen and oxygen atoms in total. The Morgan fingerprint density at radius 1 is 1.03 bits per heavy atom. The van der Waals surface area contributed by atoms with Crippen molar-refractivity contribution in [3.63, 3.8) is 0 Å². The van der Waals surface area contributed by atoms with Crippen molar-refractivity contribution in [2.45, 2.75) is 19.3 Å². The standard InChI is InChI=1S/C24H20Cl2N2O2/c1-30-22-11-3-2-6-15(22)7-4-10-21(29)16-12-13-19-20(14-16)28-24(27-19)23-17(25)8-5-9-18(23)26/h2-3,5-6,8-9,11-14H,4,7,10H2,1H3,(H,27,28). The Kier molecular flexibility index (Phi) is 6.07. The highest BCUT2D eigenvalue weighted by Crippen LogP contribution is 2.34. The number of benzene rings is 3. The van der Waals surface area contributed by atoms with Gasteiger partial charge in [-0.05, 0) is 54.8 Å². The second kappa shape index (κ2) is 8.90. The SMILES string of the molecule is COc1ccccc1CCCC(=O)c1ccc2nc(-c3c(Cl)cccc3Cl)[nH]c2c1. The zero-order chi connectivity index (χ0) is 21.1. The molecule has 0 aliphatic rings. The number of H-pyrrole nitrogens is 1. The molecular weight excluding hydrogens is 419 g/mol. The van der Waals surface area contributed by atoms with Crippen LogP contribution in [0.2, 0.25) is 10.0 Å². The van der Waals surface area contributed by atoms with Crippen molar-refractivity contribution in [2.24, 2.45) is 0 Å². The number of methoxy groups -OCH3 is 1. The molecule has 3 aromatic carbocycles. The Morgan fingerprint density at radius 2 is 1.80 bits per heavy atom. The second-order valence-electron chi connectivity index (χ2n) is 7.00. The van der Waals surface area contributed by atoms with Crippen LogP contribution in [0.15, 0.2) is 60.7 Å². The normalized spacial score (nSPS) is 11.0. The van der Waals surface area contributed by atoms with E-state index in [1.165, 1.54) is 0 Å². The quantitative estimate of drug-likeness (QED) is 0.324. The minimum Gasteiger partial charge on any atom is -0.496 e. The second-order valence-corrected chi connectivity index (χ2v) is 7.82. The van der Waals surface area contributed by atoms with Crippen LogP contribution in [0.4, 0.5) is 0 Å². The molecule has 1 aromatic heterocycles. The molecule has 0 fully saturated rings. The van der Waals surface area contributed by atoms with Crippen molar-refractivity contribution in [1.29, 1.82) is 0 Å². The summed E-state index contributed by atoms with van der Waals surface area (Å²) in [5, 5.41) is 1.04. The van der Waals surface area contributed by atoms with E-state index in [4.69, 9.17) is 27.9 Å². The number of carbonyl (C=O) groups is 1. The van der Waals surface area contributed by atoms with Gasteiger partial charge < -0.3 is 9.72 Å². The molecule has 0 radical (unpaired) electrons. The summed E-state index contributed by atoms with van der Waals surface area (Å²) in [5.74, 6) is 1.54. The minimum atomic E-state index is 0.0960. The number of aryl methyl sites for hydroxylation is 1. The van der Waals surface area contributed by atoms with Gasteiger partial charge >= 0.3 is 0 Å². The van der Waals surface area contributed by atoms with E-state index < -0.39 is 0 Å². The lowest BCUT2D eigenvalue weighted by Gasteiger charge is -2.07. The molecule has 0 bridgehead atoms. The van der Waals surface area contributed by atoms with E-state index >= 15 is 0 Å². The van der Waals surface area contributed by atoms with Crippen LogP contribution >= 0.6 is 23.2 Å². The van der Waals surface area contributed by atoms with Gasteiger partial charge in [0.25, 0.3) is 0 Å². The molecule has 4 rings (SSSR count). The predicted molar refractivity (Wildman–Crippen MR) is 122 cm³/mol. The Labute approximate surface area is 184 Å². The summed E-state index contributed by atoms with van der Waals surface area (Å²) < 4.78 is 5.38. The Hall–Kier alpha value is -2.82. The molecule has 0 spiro atoms. The fraction of sp³-hybridized carbons (Fsp3) is 0.167. The van der Waals surface area contributed by atoms with E-state index in [9.17, 15) is 4.79 Å². The Bertz CT molecular complexity index is 1200. The number of rotatable bonds is 7. The van der Waals surface area contributed by atoms with Gasteiger partial charge in [0, 0.05) is 12.0 Å². The fourth-order valence-electron chi connectivity index (χ4n) is 3.52. The smallest absolute Gasteiger partial charge is 0.162 e. The molecule has 0 aliphatic carbocycles. The van der Waals surface area contributed by atoms with E-state index in [0.29, 0.717) is 33.4 Å². The molecule has 6 heteroatoms. The predicted octanol–water partition coefficient (Wildman–Crippen LogP) is 6.75. The van der Waals surface area contributed by atoms with Gasteiger partial charge in [-0.1, -0.05) is 47.5 Å². The monoisotopic (exact) mass is 438 g/mol. The molecule has 1 heterocycles. The van der Waals surface area contributed by atoms with Crippen molar-refractivity contribution in [3.05, 3.63) is 81.8 Å². The summed E-state index contributed by atoms with van der Waals surface area (Å²) in [5.41, 5.74) is 3.95. The number of para-hydroxylation sites is 1. The van der Waals surface area contributed by atoms with Crippen LogP contribution in [-0.2, 0) is 6.42 Å². The molecule has 0 saturated heterocycles. The summed E-state index contributed by atoms with van der Waals surface area (Å²) in [4.78, 5) is 20.5. The van der Waals surface area contributed by atoms with E-state index in [0.717, 1.165) is 35.2 Å². The summed E-state index contributed by atoms with van der Waals surface area (Å²) in [7, 11) is 1.66. The largest absolute Gasteiger partial charge is 0.496 e. The maximum atomic E-state index is 12.7. The van der Waals surface area contributed by atoms with Gasteiger partial charge in [0.05, 0.1) is 33.8 Å². The van der Waals surface area contributed by atoms with Crippen LogP contribution in [-0.4, -0.2) is 22.9 Å². The molecule has 0 unspecified atom stereocenters. The number of aromatic nitrogens is 2. The van der Waals surface area contributed by atoms with Gasteiger partial charge in [0.15, 0.2) is 5.78 Å². The maximum Gasteiger partial charge on any atom is 0.162 e. The number of nitrogens with one attached hydrogen (secondary N) is 1. The number of fused-ring (bicyclic) bond motifs is 1. The van der Waals surface area contributed by atoms with Crippen LogP contribution in [0.5, 0.6) is 5.75 Å². The van der Waals surface area contributed by atoms with Crippen LogP contribution in [0, 0.1) is 0 Å². The molecule has 30 heavy (non-hydrogen) atoms. The van der Waals surface area contributed by atoms with Crippen molar-refractivity contribution in [1.82, 2.24) is 9.97 Å². The van der Waals surface area contributed by atoms with Gasteiger partial charge in [-0.3, -0.25) is 4.79 Å². The third-order valence-corrected chi connectivity index (χ3v) is 5.68. The minimum absolute atomic E-state index is 0.0960. The van der Waals surface area contributed by atoms with E-state index in [-0.39, 0.29) is 5.78 Å². The molecule has 0 atom stereocenters. The number of nitrogens with zero attached hydrogens (tertiary/aromatic N) is 1. The summed E-state index contributed by atoms with van der Waals surface area (Å²) in [6.07, 6.45) is 2.00. The van der Waals surface area contributed by atoms with Crippen LogP contribution in [0.25, 0.3) is 22.4 Å². The average Bonchev–Trinajstić information content (AvgIpc) is 3.16. The van der Waals surface area contributed by atoms with Crippen LogP contribution < -0.4 is 4.74 Å². The first-order valence-electron chi connectivity index (χ1n) is 9.66. The van der Waals surface area contributed by atoms with Crippen molar-refractivity contribution < 1.29 is 9.53 Å². The molecule has 4 aromatic rings. The van der Waals surface area contributed by atoms with Crippen LogP contribution in [0.3, 0.4) is 0 Å². The van der Waals surface area contributed by atoms with Crippen molar-refractivity contribution in [3.8, 4) is 17.1 Å². The van der Waals surface area contributed by atoms with Crippen LogP contribution in [0.1, 0.15) is 28.8 Å². The number of ether oxygens (including phenoxy) is 1. The molecule has 0 aliphatic heterocycles. The summed E-state index contributed by atoms with van der Waals surface area (Å²) in [6, 6.07) is 18.7. The number of Topliss-reactive ketones (excluding diaryl/α,β-unsaturated/α-hetero) is 1. The summed E-state index contributed by atoms with van der Waals surface area (Å²) in [6.45, 7) is 0. The third-order valence-electron chi connectivity index (χ3n) is 5.05. The Balaban J connectivity index is 1.50. The lowest BCUT2D eigenvalue weighted by atomic mass is 10.0. The number of ketones is 1. The number of imidazole rings is 1. The summed E-state index contributed by atoms with van der Waals surface area (Å²) >= 11 is 12.6. The highest BCUT2D eigenvalue weighted by Gasteiger charge is 2.14. The van der Waals surface area contributed by atoms with Crippen molar-refractivity contribution >= 4 is 40.0 Å². The molecule has 152 valence electrons. The van der Waals surface area contributed by atoms with Crippen molar-refractivity contribution in [2.75, 3.05) is 7.11 Å². The number of hydrogen-bond acceptors (Lipinski definition) is 3. The first-order chi connectivity index (χ1) is 14.6. The highest BCUT2D eigenvalue weighted by atomic mass is 35.5. The molecule has 1 N–H and O–H groups in total. The van der Waals surface area contributed by atoms with Gasteiger partial charge in [0.2, 0.25) is 0 Å². The van der Waals surface area contributed by atoms with Gasteiger partial charge in [0.1, 0.15) is 11.6 Å². The van der Waals surface area contributed by atoms with E-state index in [1.807, 2.05) is 42.5 Å². The number of hydrogen-bond donors (Lipinski definition) is 1. The lowest BCUT2D eigenvalue weighted by Crippen LogP contribution is -2.00. The van der Waals surface area contributed by atoms with Gasteiger partial charge in [-0.2, -0.15) is 0 Å². The van der Waals surface area contributed by atoms with E-state index in [1.54, 1.807) is 25.3 Å². The fourth-order valence-corrected chi connectivity index (χ4v) is 4.10. The molecular formula is C24H20Cl2N2O2. The molecule has 0 saturated carbocycles. The zero-order valence-corrected chi connectivity index (χ0v) is 17.9. The first-order valence-corrected chi connectivity index (χ1v) is 10.4. The Morgan fingerprint density at radius 3 is 2.57 bits per heavy atom. The number of aromatic amines is 1. The topological polar surface area (TPSA) is 55.0 Å². The van der Waals surface area contributed by atoms with E-state index in [2.05, 4.69) is 9.97 Å².